The van der Waals surface area contributed by atoms with Gasteiger partial charge in [-0.3, -0.25) is 4.90 Å². The fourth-order valence-corrected chi connectivity index (χ4v) is 2.87. The molecular weight excluding hydrogens is 294 g/mol. The smallest absolute Gasteiger partial charge is 0.314 e. The minimum atomic E-state index is -0.0986. The molecule has 0 radical (unpaired) electrons. The highest BCUT2D eigenvalue weighted by molar-refractivity contribution is 5.74. The van der Waals surface area contributed by atoms with Gasteiger partial charge in [-0.05, 0) is 50.4 Å². The lowest BCUT2D eigenvalue weighted by Crippen LogP contribution is -2.41. The van der Waals surface area contributed by atoms with E-state index in [1.807, 2.05) is 19.9 Å². The molecule has 0 bridgehead atoms. The van der Waals surface area contributed by atoms with E-state index in [0.717, 1.165) is 31.6 Å². The molecule has 1 aliphatic rings. The molecule has 1 aromatic rings. The predicted molar refractivity (Wildman–Crippen MR) is 89.7 cm³/mol. The van der Waals surface area contributed by atoms with Gasteiger partial charge in [-0.1, -0.05) is 6.07 Å². The summed E-state index contributed by atoms with van der Waals surface area (Å²) < 4.78 is 5.06. The third-order valence-corrected chi connectivity index (χ3v) is 3.99. The summed E-state index contributed by atoms with van der Waals surface area (Å²) in [7, 11) is 1.54. The van der Waals surface area contributed by atoms with E-state index in [2.05, 4.69) is 15.5 Å². The minimum absolute atomic E-state index is 0.0986. The van der Waals surface area contributed by atoms with Crippen LogP contribution in [0.3, 0.4) is 0 Å². The van der Waals surface area contributed by atoms with Gasteiger partial charge in [-0.25, -0.2) is 4.79 Å². The maximum Gasteiger partial charge on any atom is 0.314 e. The Hall–Kier alpha value is -1.95. The van der Waals surface area contributed by atoms with Crippen molar-refractivity contribution in [1.29, 1.82) is 0 Å². The van der Waals surface area contributed by atoms with E-state index >= 15 is 0 Å². The van der Waals surface area contributed by atoms with Crippen molar-refractivity contribution >= 4 is 6.03 Å². The molecule has 3 N–H and O–H groups in total. The molecule has 1 atom stereocenters. The number of carbonyl (C=O) groups excluding carboxylic acids is 1. The summed E-state index contributed by atoms with van der Waals surface area (Å²) >= 11 is 0. The van der Waals surface area contributed by atoms with Crippen molar-refractivity contribution in [3.63, 3.8) is 0 Å². The number of methoxy groups -OCH3 is 1. The Morgan fingerprint density at radius 3 is 2.91 bits per heavy atom. The van der Waals surface area contributed by atoms with Crippen LogP contribution in [0, 0.1) is 5.92 Å². The Labute approximate surface area is 137 Å². The number of rotatable bonds is 6. The van der Waals surface area contributed by atoms with E-state index in [9.17, 15) is 9.90 Å². The van der Waals surface area contributed by atoms with Gasteiger partial charge in [-0.15, -0.1) is 0 Å². The van der Waals surface area contributed by atoms with Crippen molar-refractivity contribution in [1.82, 2.24) is 15.5 Å². The first kappa shape index (κ1) is 17.4. The Morgan fingerprint density at radius 2 is 2.26 bits per heavy atom. The first-order valence-corrected chi connectivity index (χ1v) is 8.10. The van der Waals surface area contributed by atoms with Crippen LogP contribution in [0.4, 0.5) is 4.79 Å². The fraction of sp³-hybridized carbons (Fsp3) is 0.588. The predicted octanol–water partition coefficient (Wildman–Crippen LogP) is 1.93. The van der Waals surface area contributed by atoms with E-state index in [1.165, 1.54) is 0 Å². The topological polar surface area (TPSA) is 73.8 Å². The third-order valence-electron chi connectivity index (χ3n) is 3.99. The van der Waals surface area contributed by atoms with Crippen molar-refractivity contribution in [2.45, 2.75) is 32.9 Å². The van der Waals surface area contributed by atoms with Gasteiger partial charge in [0.25, 0.3) is 0 Å². The van der Waals surface area contributed by atoms with Gasteiger partial charge >= 0.3 is 6.03 Å². The van der Waals surface area contributed by atoms with E-state index < -0.39 is 0 Å². The Kier molecular flexibility index (Phi) is 6.10. The Bertz CT molecular complexity index is 534. The van der Waals surface area contributed by atoms with Gasteiger partial charge in [-0.2, -0.15) is 0 Å². The largest absolute Gasteiger partial charge is 0.504 e. The standard InChI is InChI=1S/C17H27N3O3/c1-12(2)19-17(22)18-9-14-6-7-20(11-14)10-13-4-5-16(23-3)15(21)8-13/h4-5,8,12,14,21H,6-7,9-11H2,1-3H3,(H2,18,19,22). The van der Waals surface area contributed by atoms with Gasteiger partial charge in [0, 0.05) is 25.7 Å². The molecule has 1 fully saturated rings. The molecule has 1 unspecified atom stereocenters. The molecule has 128 valence electrons. The molecule has 1 aromatic carbocycles. The number of nitrogens with zero attached hydrogens (tertiary/aromatic N) is 1. The summed E-state index contributed by atoms with van der Waals surface area (Å²) in [6, 6.07) is 5.56. The summed E-state index contributed by atoms with van der Waals surface area (Å²) in [5.41, 5.74) is 1.06. The molecule has 1 aliphatic heterocycles. The van der Waals surface area contributed by atoms with Crippen molar-refractivity contribution < 1.29 is 14.6 Å². The van der Waals surface area contributed by atoms with Crippen LogP contribution in [0.5, 0.6) is 11.5 Å². The van der Waals surface area contributed by atoms with Crippen LogP contribution in [0.1, 0.15) is 25.8 Å². The van der Waals surface area contributed by atoms with Crippen molar-refractivity contribution in [2.24, 2.45) is 5.92 Å². The molecule has 0 aromatic heterocycles. The van der Waals surface area contributed by atoms with Crippen molar-refractivity contribution in [3.05, 3.63) is 23.8 Å². The molecule has 2 amide bonds. The lowest BCUT2D eigenvalue weighted by Gasteiger charge is -2.17. The molecule has 2 rings (SSSR count). The molecule has 6 nitrogen and oxygen atoms in total. The van der Waals surface area contributed by atoms with Gasteiger partial charge in [0.2, 0.25) is 0 Å². The zero-order valence-electron chi connectivity index (χ0n) is 14.1. The number of phenols is 1. The molecule has 0 aliphatic carbocycles. The van der Waals surface area contributed by atoms with Crippen molar-refractivity contribution in [3.8, 4) is 11.5 Å². The number of amides is 2. The maximum atomic E-state index is 11.6. The lowest BCUT2D eigenvalue weighted by molar-refractivity contribution is 0.236. The van der Waals surface area contributed by atoms with Gasteiger partial charge < -0.3 is 20.5 Å². The molecule has 0 saturated carbocycles. The Balaban J connectivity index is 1.77. The number of benzene rings is 1. The highest BCUT2D eigenvalue weighted by Gasteiger charge is 2.23. The van der Waals surface area contributed by atoms with E-state index in [4.69, 9.17) is 4.74 Å². The van der Waals surface area contributed by atoms with Crippen LogP contribution in [0.2, 0.25) is 0 Å². The van der Waals surface area contributed by atoms with Gasteiger partial charge in [0.05, 0.1) is 7.11 Å². The van der Waals surface area contributed by atoms with Crippen LogP contribution in [-0.2, 0) is 6.54 Å². The highest BCUT2D eigenvalue weighted by Crippen LogP contribution is 2.27. The van der Waals surface area contributed by atoms with Crippen LogP contribution in [-0.4, -0.2) is 48.8 Å². The van der Waals surface area contributed by atoms with Gasteiger partial charge in [0.15, 0.2) is 11.5 Å². The number of hydrogen-bond acceptors (Lipinski definition) is 4. The molecule has 6 heteroatoms. The number of urea groups is 1. The zero-order valence-corrected chi connectivity index (χ0v) is 14.1. The molecular formula is C17H27N3O3. The lowest BCUT2D eigenvalue weighted by atomic mass is 10.1. The number of carbonyl (C=O) groups is 1. The number of aromatic hydroxyl groups is 1. The summed E-state index contributed by atoms with van der Waals surface area (Å²) in [6.07, 6.45) is 1.07. The average Bonchev–Trinajstić information content (AvgIpc) is 2.92. The second-order valence-corrected chi connectivity index (χ2v) is 6.41. The van der Waals surface area contributed by atoms with E-state index in [0.29, 0.717) is 18.2 Å². The molecule has 1 heterocycles. The fourth-order valence-electron chi connectivity index (χ4n) is 2.87. The summed E-state index contributed by atoms with van der Waals surface area (Å²) in [5, 5.41) is 15.6. The molecule has 1 saturated heterocycles. The SMILES string of the molecule is COc1ccc(CN2CCC(CNC(=O)NC(C)C)C2)cc1O. The second-order valence-electron chi connectivity index (χ2n) is 6.41. The summed E-state index contributed by atoms with van der Waals surface area (Å²) in [4.78, 5) is 13.9. The number of nitrogens with one attached hydrogen (secondary N) is 2. The van der Waals surface area contributed by atoms with Gasteiger partial charge in [0.1, 0.15) is 0 Å². The summed E-state index contributed by atoms with van der Waals surface area (Å²) in [5.74, 6) is 1.14. The zero-order chi connectivity index (χ0) is 16.8. The molecule has 23 heavy (non-hydrogen) atoms. The second kappa shape index (κ2) is 8.06. The normalized spacial score (nSPS) is 18.2. The third kappa shape index (κ3) is 5.32. The Morgan fingerprint density at radius 1 is 1.48 bits per heavy atom. The minimum Gasteiger partial charge on any atom is -0.504 e. The quantitative estimate of drug-likeness (QED) is 0.748. The summed E-state index contributed by atoms with van der Waals surface area (Å²) in [6.45, 7) is 7.34. The number of hydrogen-bond donors (Lipinski definition) is 3. The van der Waals surface area contributed by atoms with Crippen molar-refractivity contribution in [2.75, 3.05) is 26.7 Å². The highest BCUT2D eigenvalue weighted by atomic mass is 16.5. The maximum absolute atomic E-state index is 11.6. The van der Waals surface area contributed by atoms with E-state index in [-0.39, 0.29) is 17.8 Å². The van der Waals surface area contributed by atoms with Crippen LogP contribution >= 0.6 is 0 Å². The molecule has 0 spiro atoms. The number of ether oxygens (including phenoxy) is 1. The monoisotopic (exact) mass is 321 g/mol. The first-order chi connectivity index (χ1) is 11.0. The first-order valence-electron chi connectivity index (χ1n) is 8.10. The van der Waals surface area contributed by atoms with E-state index in [1.54, 1.807) is 19.2 Å². The average molecular weight is 321 g/mol. The van der Waals surface area contributed by atoms with Crippen LogP contribution in [0.25, 0.3) is 0 Å². The van der Waals surface area contributed by atoms with Crippen LogP contribution < -0.4 is 15.4 Å². The number of phenolic OH excluding ortho intramolecular Hbond substituents is 1. The van der Waals surface area contributed by atoms with Crippen LogP contribution in [0.15, 0.2) is 18.2 Å². The number of likely N-dealkylation sites (tertiary alicyclic amines) is 1.